The second-order valence-electron chi connectivity index (χ2n) is 5.47. The van der Waals surface area contributed by atoms with Crippen LogP contribution < -0.4 is 10.6 Å². The first kappa shape index (κ1) is 18.8. The summed E-state index contributed by atoms with van der Waals surface area (Å²) in [6, 6.07) is 7.82. The van der Waals surface area contributed by atoms with Crippen molar-refractivity contribution in [2.45, 2.75) is 33.0 Å². The molecule has 8 heteroatoms. The molecule has 0 bridgehead atoms. The first-order chi connectivity index (χ1) is 11.9. The van der Waals surface area contributed by atoms with Crippen LogP contribution in [0.3, 0.4) is 0 Å². The third kappa shape index (κ3) is 6.48. The van der Waals surface area contributed by atoms with Gasteiger partial charge in [0.25, 0.3) is 0 Å². The molecule has 0 aliphatic carbocycles. The second kappa shape index (κ2) is 8.55. The molecule has 0 radical (unpaired) electrons. The van der Waals surface area contributed by atoms with E-state index in [0.29, 0.717) is 24.2 Å². The zero-order valence-electron chi connectivity index (χ0n) is 14.2. The normalized spacial score (nSPS) is 12.3. The zero-order chi connectivity index (χ0) is 18.3. The highest BCUT2D eigenvalue weighted by atomic mass is 19.4. The van der Waals surface area contributed by atoms with Crippen molar-refractivity contribution in [3.8, 4) is 11.3 Å². The molecule has 0 aliphatic heterocycles. The minimum atomic E-state index is -4.20. The number of alkyl halides is 3. The van der Waals surface area contributed by atoms with Crippen LogP contribution in [0.5, 0.6) is 0 Å². The molecular weight excluding hydrogens is 333 g/mol. The van der Waals surface area contributed by atoms with Crippen LogP contribution in [0.25, 0.3) is 11.3 Å². The monoisotopic (exact) mass is 354 g/mol. The maximum Gasteiger partial charge on any atom is 0.390 e. The van der Waals surface area contributed by atoms with Crippen LogP contribution in [0.2, 0.25) is 0 Å². The summed E-state index contributed by atoms with van der Waals surface area (Å²) in [6.45, 7) is 4.26. The van der Waals surface area contributed by atoms with Crippen LogP contribution >= 0.6 is 0 Å². The van der Waals surface area contributed by atoms with E-state index < -0.39 is 12.6 Å². The van der Waals surface area contributed by atoms with Crippen LogP contribution in [0.4, 0.5) is 13.2 Å². The molecule has 0 atom stereocenters. The number of aromatic nitrogens is 1. The smallest absolute Gasteiger partial charge is 0.390 e. The lowest BCUT2D eigenvalue weighted by Crippen LogP contribution is -2.38. The Kier molecular flexibility index (Phi) is 6.44. The molecule has 136 valence electrons. The number of aryl methyl sites for hydroxylation is 1. The summed E-state index contributed by atoms with van der Waals surface area (Å²) in [7, 11) is 0. The zero-order valence-corrected chi connectivity index (χ0v) is 14.2. The van der Waals surface area contributed by atoms with E-state index in [2.05, 4.69) is 20.6 Å². The van der Waals surface area contributed by atoms with Gasteiger partial charge >= 0.3 is 6.18 Å². The lowest BCUT2D eigenvalue weighted by atomic mass is 10.1. The number of nitrogens with zero attached hydrogens (tertiary/aromatic N) is 2. The third-order valence-corrected chi connectivity index (χ3v) is 3.31. The first-order valence-electron chi connectivity index (χ1n) is 7.98. The molecule has 5 nitrogen and oxygen atoms in total. The Labute approximate surface area is 144 Å². The minimum absolute atomic E-state index is 0.132. The van der Waals surface area contributed by atoms with Crippen LogP contribution in [-0.4, -0.2) is 30.2 Å². The van der Waals surface area contributed by atoms with Gasteiger partial charge in [-0.05, 0) is 13.8 Å². The number of benzene rings is 1. The molecule has 2 aromatic rings. The molecule has 0 spiro atoms. The number of aliphatic imine (C=N–C) groups is 1. The minimum Gasteiger partial charge on any atom is -0.439 e. The van der Waals surface area contributed by atoms with E-state index in [0.717, 1.165) is 11.1 Å². The van der Waals surface area contributed by atoms with Gasteiger partial charge in [-0.15, -0.1) is 0 Å². The number of halogens is 3. The van der Waals surface area contributed by atoms with Gasteiger partial charge in [0.05, 0.1) is 12.6 Å². The molecule has 0 amide bonds. The van der Waals surface area contributed by atoms with Gasteiger partial charge < -0.3 is 15.1 Å². The highest BCUT2D eigenvalue weighted by Crippen LogP contribution is 2.21. The number of hydrogen-bond acceptors (Lipinski definition) is 3. The van der Waals surface area contributed by atoms with Gasteiger partial charge in [0.15, 0.2) is 11.7 Å². The fourth-order valence-corrected chi connectivity index (χ4v) is 2.05. The number of rotatable bonds is 6. The van der Waals surface area contributed by atoms with Crippen LogP contribution in [0.15, 0.2) is 39.9 Å². The van der Waals surface area contributed by atoms with E-state index in [1.54, 1.807) is 6.20 Å². The largest absolute Gasteiger partial charge is 0.439 e. The lowest BCUT2D eigenvalue weighted by Gasteiger charge is -2.11. The molecule has 1 aromatic heterocycles. The molecule has 1 heterocycles. The summed E-state index contributed by atoms with van der Waals surface area (Å²) < 4.78 is 42.3. The average molecular weight is 354 g/mol. The Morgan fingerprint density at radius 3 is 2.56 bits per heavy atom. The predicted octanol–water partition coefficient (Wildman–Crippen LogP) is 3.66. The molecule has 0 aliphatic rings. The Bertz CT molecular complexity index is 693. The highest BCUT2D eigenvalue weighted by Gasteiger charge is 2.26. The van der Waals surface area contributed by atoms with Crippen molar-refractivity contribution >= 4 is 5.96 Å². The van der Waals surface area contributed by atoms with Gasteiger partial charge in [-0.2, -0.15) is 13.2 Å². The molecular formula is C17H21F3N4O. The van der Waals surface area contributed by atoms with Gasteiger partial charge in [0.1, 0.15) is 6.54 Å². The van der Waals surface area contributed by atoms with Crippen molar-refractivity contribution in [1.29, 1.82) is 0 Å². The van der Waals surface area contributed by atoms with E-state index >= 15 is 0 Å². The Morgan fingerprint density at radius 2 is 1.92 bits per heavy atom. The topological polar surface area (TPSA) is 62.5 Å². The van der Waals surface area contributed by atoms with Crippen LogP contribution in [0, 0.1) is 6.92 Å². The predicted molar refractivity (Wildman–Crippen MR) is 90.2 cm³/mol. The number of guanidine groups is 1. The average Bonchev–Trinajstić information content (AvgIpc) is 3.01. The van der Waals surface area contributed by atoms with E-state index in [1.807, 2.05) is 38.1 Å². The van der Waals surface area contributed by atoms with Gasteiger partial charge in [0.2, 0.25) is 5.89 Å². The Morgan fingerprint density at radius 1 is 1.20 bits per heavy atom. The van der Waals surface area contributed by atoms with Crippen molar-refractivity contribution in [1.82, 2.24) is 15.6 Å². The maximum atomic E-state index is 12.2. The summed E-state index contributed by atoms with van der Waals surface area (Å²) in [5, 5.41) is 5.53. The number of hydrogen-bond donors (Lipinski definition) is 2. The molecule has 0 saturated carbocycles. The number of oxazole rings is 1. The van der Waals surface area contributed by atoms with E-state index in [9.17, 15) is 13.2 Å². The van der Waals surface area contributed by atoms with Crippen molar-refractivity contribution in [2.75, 3.05) is 13.1 Å². The molecule has 2 N–H and O–H groups in total. The Hall–Kier alpha value is -2.51. The van der Waals surface area contributed by atoms with Gasteiger partial charge in [-0.3, -0.25) is 0 Å². The summed E-state index contributed by atoms with van der Waals surface area (Å²) in [4.78, 5) is 8.35. The summed E-state index contributed by atoms with van der Waals surface area (Å²) in [6.07, 6.45) is -3.51. The summed E-state index contributed by atoms with van der Waals surface area (Å²) in [5.74, 6) is 1.31. The molecule has 1 aromatic carbocycles. The van der Waals surface area contributed by atoms with Crippen molar-refractivity contribution < 1.29 is 17.6 Å². The highest BCUT2D eigenvalue weighted by molar-refractivity contribution is 5.79. The van der Waals surface area contributed by atoms with Gasteiger partial charge in [-0.1, -0.05) is 29.8 Å². The van der Waals surface area contributed by atoms with Gasteiger partial charge in [0, 0.05) is 18.7 Å². The second-order valence-corrected chi connectivity index (χ2v) is 5.47. The van der Waals surface area contributed by atoms with E-state index in [1.165, 1.54) is 0 Å². The Balaban J connectivity index is 1.96. The fraction of sp³-hybridized carbons (Fsp3) is 0.412. The van der Waals surface area contributed by atoms with Crippen molar-refractivity contribution in [3.63, 3.8) is 0 Å². The maximum absolute atomic E-state index is 12.2. The quantitative estimate of drug-likeness (QED) is 0.614. The standard InChI is InChI=1S/C17H21F3N4O/c1-3-21-16(22-9-8-17(18,19)20)24-11-15-23-10-14(25-15)13-6-4-12(2)5-7-13/h4-7,10H,3,8-9,11H2,1-2H3,(H2,21,22,24). The number of nitrogens with one attached hydrogen (secondary N) is 2. The molecule has 2 rings (SSSR count). The summed E-state index contributed by atoms with van der Waals surface area (Å²) in [5.41, 5.74) is 2.05. The molecule has 25 heavy (non-hydrogen) atoms. The van der Waals surface area contributed by atoms with E-state index in [-0.39, 0.29) is 13.1 Å². The fourth-order valence-electron chi connectivity index (χ4n) is 2.05. The van der Waals surface area contributed by atoms with Gasteiger partial charge in [-0.25, -0.2) is 9.98 Å². The molecule has 0 saturated heterocycles. The molecule has 0 fully saturated rings. The van der Waals surface area contributed by atoms with E-state index in [4.69, 9.17) is 4.42 Å². The van der Waals surface area contributed by atoms with Crippen LogP contribution in [-0.2, 0) is 6.54 Å². The molecule has 0 unspecified atom stereocenters. The SMILES string of the molecule is CCNC(=NCc1ncc(-c2ccc(C)cc2)o1)NCCC(F)(F)F. The van der Waals surface area contributed by atoms with Crippen molar-refractivity contribution in [3.05, 3.63) is 41.9 Å². The summed E-state index contributed by atoms with van der Waals surface area (Å²) >= 11 is 0. The lowest BCUT2D eigenvalue weighted by molar-refractivity contribution is -0.132. The van der Waals surface area contributed by atoms with Crippen molar-refractivity contribution in [2.24, 2.45) is 4.99 Å². The first-order valence-corrected chi connectivity index (χ1v) is 7.98. The third-order valence-electron chi connectivity index (χ3n) is 3.31. The van der Waals surface area contributed by atoms with Crippen LogP contribution in [0.1, 0.15) is 24.8 Å².